The number of aryl methyl sites for hydroxylation is 1. The van der Waals surface area contributed by atoms with Crippen LogP contribution in [0.5, 0.6) is 5.75 Å². The number of benzene rings is 2. The van der Waals surface area contributed by atoms with Crippen LogP contribution in [0, 0.1) is 58.2 Å². The van der Waals surface area contributed by atoms with Crippen molar-refractivity contribution in [2.45, 2.75) is 157 Å². The van der Waals surface area contributed by atoms with E-state index in [0.29, 0.717) is 24.9 Å². The Morgan fingerprint density at radius 3 is 2.28 bits per heavy atom. The number of carbonyl (C=O) groups excluding carboxylic acids is 1. The predicted molar refractivity (Wildman–Crippen MR) is 220 cm³/mol. The second kappa shape index (κ2) is 18.1. The third kappa shape index (κ3) is 9.64. The van der Waals surface area contributed by atoms with Crippen molar-refractivity contribution in [1.82, 2.24) is 0 Å². The zero-order valence-corrected chi connectivity index (χ0v) is 34.2. The smallest absolute Gasteiger partial charge is 0.306 e. The maximum atomic E-state index is 12.9. The van der Waals surface area contributed by atoms with Crippen molar-refractivity contribution >= 4 is 5.97 Å². The second-order valence-corrected chi connectivity index (χ2v) is 18.5. The predicted octanol–water partition coefficient (Wildman–Crippen LogP) is 12.9. The molecule has 0 unspecified atom stereocenters. The van der Waals surface area contributed by atoms with Crippen molar-refractivity contribution in [3.63, 3.8) is 0 Å². The summed E-state index contributed by atoms with van der Waals surface area (Å²) in [6.07, 6.45) is 22.8. The molecule has 2 aromatic carbocycles. The molecule has 0 amide bonds. The standard InChI is InChI=1S/C50H70O3/c1-7-8-9-14-38-16-18-39(19-17-38)20-21-40-22-25-42(26-23-40)52-34-11-15-48(51)53-43-30-32-49(5)41(35-43)24-27-44-46-29-28-45(37(4)13-10-12-36(2)3)50(46,6)33-31-47(44)49/h16-19,22-26,36-37,43-47H,7-15,27-35H2,1-6H3/t37-,43+,44+,45-,46+,47+,49+,50-/m1/s1. The third-order valence-corrected chi connectivity index (χ3v) is 14.6. The van der Waals surface area contributed by atoms with E-state index in [2.05, 4.69) is 83.7 Å². The molecular weight excluding hydrogens is 649 g/mol. The molecule has 3 saturated carbocycles. The van der Waals surface area contributed by atoms with E-state index in [1.54, 1.807) is 5.57 Å². The van der Waals surface area contributed by atoms with Gasteiger partial charge in [0.25, 0.3) is 0 Å². The van der Waals surface area contributed by atoms with Crippen LogP contribution in [0.25, 0.3) is 0 Å². The summed E-state index contributed by atoms with van der Waals surface area (Å²) in [4.78, 5) is 12.9. The minimum Gasteiger partial charge on any atom is -0.494 e. The Morgan fingerprint density at radius 2 is 1.57 bits per heavy atom. The topological polar surface area (TPSA) is 35.5 Å². The van der Waals surface area contributed by atoms with Gasteiger partial charge in [0, 0.05) is 24.0 Å². The van der Waals surface area contributed by atoms with Gasteiger partial charge in [-0.05, 0) is 153 Å². The van der Waals surface area contributed by atoms with Gasteiger partial charge >= 0.3 is 5.97 Å². The Hall–Kier alpha value is -2.99. The van der Waals surface area contributed by atoms with Gasteiger partial charge in [-0.1, -0.05) is 109 Å². The van der Waals surface area contributed by atoms with Gasteiger partial charge in [-0.2, -0.15) is 0 Å². The average molecular weight is 719 g/mol. The first-order valence-electron chi connectivity index (χ1n) is 21.8. The van der Waals surface area contributed by atoms with Gasteiger partial charge in [0.2, 0.25) is 0 Å². The van der Waals surface area contributed by atoms with Crippen LogP contribution in [0.3, 0.4) is 0 Å². The van der Waals surface area contributed by atoms with Crippen molar-refractivity contribution in [1.29, 1.82) is 0 Å². The summed E-state index contributed by atoms with van der Waals surface area (Å²) < 4.78 is 12.1. The molecule has 0 aliphatic heterocycles. The molecule has 0 spiro atoms. The fraction of sp³-hybridized carbons (Fsp3) is 0.660. The van der Waals surface area contributed by atoms with Crippen LogP contribution in [0.4, 0.5) is 0 Å². The number of hydrogen-bond acceptors (Lipinski definition) is 3. The first-order valence-corrected chi connectivity index (χ1v) is 21.8. The summed E-state index contributed by atoms with van der Waals surface area (Å²) in [6.45, 7) is 15.3. The van der Waals surface area contributed by atoms with Gasteiger partial charge in [-0.15, -0.1) is 0 Å². The average Bonchev–Trinajstić information content (AvgIpc) is 3.51. The van der Waals surface area contributed by atoms with Crippen LogP contribution in [0.1, 0.15) is 161 Å². The molecule has 6 rings (SSSR count). The monoisotopic (exact) mass is 719 g/mol. The number of hydrogen-bond donors (Lipinski definition) is 0. The Labute approximate surface area is 323 Å². The third-order valence-electron chi connectivity index (χ3n) is 14.6. The number of ether oxygens (including phenoxy) is 2. The highest BCUT2D eigenvalue weighted by Crippen LogP contribution is 2.67. The Bertz CT molecular complexity index is 1570. The van der Waals surface area contributed by atoms with Gasteiger partial charge in [0.1, 0.15) is 11.9 Å². The summed E-state index contributed by atoms with van der Waals surface area (Å²) in [5.74, 6) is 12.4. The van der Waals surface area contributed by atoms with Crippen LogP contribution in [0.15, 0.2) is 60.2 Å². The highest BCUT2D eigenvalue weighted by Gasteiger charge is 2.59. The van der Waals surface area contributed by atoms with Gasteiger partial charge in [-0.25, -0.2) is 0 Å². The van der Waals surface area contributed by atoms with E-state index in [-0.39, 0.29) is 17.5 Å². The first-order chi connectivity index (χ1) is 25.6. The zero-order chi connectivity index (χ0) is 37.4. The molecule has 0 N–H and O–H groups in total. The van der Waals surface area contributed by atoms with Gasteiger partial charge in [-0.3, -0.25) is 4.79 Å². The molecule has 0 radical (unpaired) electrons. The number of fused-ring (bicyclic) bond motifs is 5. The fourth-order valence-corrected chi connectivity index (χ4v) is 11.5. The highest BCUT2D eigenvalue weighted by atomic mass is 16.5. The largest absolute Gasteiger partial charge is 0.494 e. The molecule has 3 fully saturated rings. The summed E-state index contributed by atoms with van der Waals surface area (Å²) in [5.41, 5.74) is 5.78. The number of esters is 1. The van der Waals surface area contributed by atoms with Crippen molar-refractivity contribution in [3.8, 4) is 17.6 Å². The number of rotatable bonds is 15. The van der Waals surface area contributed by atoms with Crippen molar-refractivity contribution in [3.05, 3.63) is 76.9 Å². The zero-order valence-electron chi connectivity index (χ0n) is 34.2. The van der Waals surface area contributed by atoms with Crippen LogP contribution in [0.2, 0.25) is 0 Å². The normalized spacial score (nSPS) is 29.6. The molecule has 0 saturated heterocycles. The molecule has 4 aliphatic rings. The van der Waals surface area contributed by atoms with E-state index in [9.17, 15) is 4.79 Å². The van der Waals surface area contributed by atoms with Crippen LogP contribution < -0.4 is 4.74 Å². The molecule has 288 valence electrons. The van der Waals surface area contributed by atoms with E-state index in [0.717, 1.165) is 78.1 Å². The number of carbonyl (C=O) groups is 1. The highest BCUT2D eigenvalue weighted by molar-refractivity contribution is 5.69. The first kappa shape index (κ1) is 39.7. The molecule has 53 heavy (non-hydrogen) atoms. The lowest BCUT2D eigenvalue weighted by atomic mass is 9.47. The summed E-state index contributed by atoms with van der Waals surface area (Å²) in [6, 6.07) is 16.6. The van der Waals surface area contributed by atoms with E-state index < -0.39 is 0 Å². The number of unbranched alkanes of at least 4 members (excludes halogenated alkanes) is 2. The van der Waals surface area contributed by atoms with Crippen molar-refractivity contribution in [2.24, 2.45) is 46.3 Å². The minimum atomic E-state index is -0.0796. The van der Waals surface area contributed by atoms with Gasteiger partial charge < -0.3 is 9.47 Å². The molecule has 4 aliphatic carbocycles. The molecule has 0 bridgehead atoms. The van der Waals surface area contributed by atoms with Gasteiger partial charge in [0.15, 0.2) is 0 Å². The lowest BCUT2D eigenvalue weighted by molar-refractivity contribution is -0.151. The van der Waals surface area contributed by atoms with Crippen molar-refractivity contribution in [2.75, 3.05) is 6.61 Å². The minimum absolute atomic E-state index is 0.0214. The molecular formula is C50H70O3. The van der Waals surface area contributed by atoms with E-state index in [4.69, 9.17) is 9.47 Å². The SMILES string of the molecule is CCCCCc1ccc(C#Cc2ccc(OCCCC(=O)O[C@H]3CC[C@@]4(C)C(=CC[C@H]5[C@@H]6CC[C@H]([C@H](C)CCCC(C)C)[C@@]6(C)CC[C@@H]54)C3)cc2)cc1. The molecule has 0 aromatic heterocycles. The van der Waals surface area contributed by atoms with Crippen LogP contribution in [-0.4, -0.2) is 18.7 Å². The maximum Gasteiger partial charge on any atom is 0.306 e. The number of allylic oxidation sites excluding steroid dienone is 1. The van der Waals surface area contributed by atoms with E-state index in [1.165, 1.54) is 76.2 Å². The lowest BCUT2D eigenvalue weighted by Crippen LogP contribution is -2.51. The second-order valence-electron chi connectivity index (χ2n) is 18.5. The maximum absolute atomic E-state index is 12.9. The quantitative estimate of drug-likeness (QED) is 0.0796. The summed E-state index contributed by atoms with van der Waals surface area (Å²) in [7, 11) is 0. The summed E-state index contributed by atoms with van der Waals surface area (Å²) in [5, 5.41) is 0. The Morgan fingerprint density at radius 1 is 0.830 bits per heavy atom. The molecule has 8 atom stereocenters. The van der Waals surface area contributed by atoms with Crippen molar-refractivity contribution < 1.29 is 14.3 Å². The Balaban J connectivity index is 0.920. The van der Waals surface area contributed by atoms with Gasteiger partial charge in [0.05, 0.1) is 6.61 Å². The van der Waals surface area contributed by atoms with Crippen LogP contribution in [-0.2, 0) is 16.0 Å². The molecule has 2 aromatic rings. The molecule has 0 heterocycles. The molecule has 3 heteroatoms. The fourth-order valence-electron chi connectivity index (χ4n) is 11.5. The van der Waals surface area contributed by atoms with E-state index >= 15 is 0 Å². The van der Waals surface area contributed by atoms with Crippen LogP contribution >= 0.6 is 0 Å². The molecule has 3 nitrogen and oxygen atoms in total. The lowest BCUT2D eigenvalue weighted by Gasteiger charge is -2.58. The van der Waals surface area contributed by atoms with E-state index in [1.807, 2.05) is 24.3 Å². The Kier molecular flexibility index (Phi) is 13.6. The summed E-state index contributed by atoms with van der Waals surface area (Å²) >= 11 is 0.